The standard InChI is InChI=1S/C14H27NO2/c1-2-11-4-3-6-14(8-11,10-15)13(16)12-5-7-17-9-12/h11-13,16H,2-10,15H2,1H3. The SMILES string of the molecule is CCC1CCCC(CN)(C(O)C2CCOC2)C1. The van der Waals surface area contributed by atoms with Crippen LogP contribution in [0, 0.1) is 17.3 Å². The van der Waals surface area contributed by atoms with Gasteiger partial charge in [-0.15, -0.1) is 0 Å². The summed E-state index contributed by atoms with van der Waals surface area (Å²) in [5.74, 6) is 1.07. The summed E-state index contributed by atoms with van der Waals surface area (Å²) in [4.78, 5) is 0. The Balaban J connectivity index is 2.06. The number of nitrogens with two attached hydrogens (primary N) is 1. The van der Waals surface area contributed by atoms with Gasteiger partial charge < -0.3 is 15.6 Å². The van der Waals surface area contributed by atoms with Crippen LogP contribution in [0.5, 0.6) is 0 Å². The second-order valence-corrected chi connectivity index (χ2v) is 6.01. The van der Waals surface area contributed by atoms with Crippen molar-refractivity contribution >= 4 is 0 Å². The Hall–Kier alpha value is -0.120. The van der Waals surface area contributed by atoms with E-state index < -0.39 is 0 Å². The lowest BCUT2D eigenvalue weighted by Crippen LogP contribution is -2.48. The second-order valence-electron chi connectivity index (χ2n) is 6.01. The minimum absolute atomic E-state index is 0.0305. The molecule has 1 saturated carbocycles. The van der Waals surface area contributed by atoms with Gasteiger partial charge in [0, 0.05) is 24.5 Å². The normalized spacial score (nSPS) is 40.4. The first-order chi connectivity index (χ1) is 8.22. The molecule has 0 bridgehead atoms. The van der Waals surface area contributed by atoms with E-state index in [9.17, 15) is 5.11 Å². The van der Waals surface area contributed by atoms with E-state index in [-0.39, 0.29) is 11.5 Å². The molecular weight excluding hydrogens is 214 g/mol. The van der Waals surface area contributed by atoms with Crippen LogP contribution in [0.15, 0.2) is 0 Å². The van der Waals surface area contributed by atoms with Crippen LogP contribution in [0.4, 0.5) is 0 Å². The zero-order chi connectivity index (χ0) is 12.3. The van der Waals surface area contributed by atoms with Gasteiger partial charge in [-0.1, -0.05) is 26.2 Å². The lowest BCUT2D eigenvalue weighted by atomic mass is 9.63. The first-order valence-electron chi connectivity index (χ1n) is 7.17. The highest BCUT2D eigenvalue weighted by molar-refractivity contribution is 4.95. The van der Waals surface area contributed by atoms with Crippen molar-refractivity contribution < 1.29 is 9.84 Å². The molecule has 1 saturated heterocycles. The quantitative estimate of drug-likeness (QED) is 0.790. The molecule has 1 aliphatic carbocycles. The first-order valence-corrected chi connectivity index (χ1v) is 7.17. The molecule has 2 rings (SSSR count). The molecule has 1 aliphatic heterocycles. The molecule has 3 heteroatoms. The van der Waals surface area contributed by atoms with Gasteiger partial charge in [-0.05, 0) is 25.2 Å². The highest BCUT2D eigenvalue weighted by atomic mass is 16.5. The fourth-order valence-electron chi connectivity index (χ4n) is 3.75. The lowest BCUT2D eigenvalue weighted by molar-refractivity contribution is -0.0506. The minimum Gasteiger partial charge on any atom is -0.392 e. The molecule has 0 amide bonds. The number of rotatable bonds is 4. The summed E-state index contributed by atoms with van der Waals surface area (Å²) in [7, 11) is 0. The summed E-state index contributed by atoms with van der Waals surface area (Å²) in [6.07, 6.45) is 6.70. The van der Waals surface area contributed by atoms with Crippen LogP contribution in [0.1, 0.15) is 45.4 Å². The monoisotopic (exact) mass is 241 g/mol. The summed E-state index contributed by atoms with van der Waals surface area (Å²) >= 11 is 0. The van der Waals surface area contributed by atoms with Gasteiger partial charge >= 0.3 is 0 Å². The summed E-state index contributed by atoms with van der Waals surface area (Å²) < 4.78 is 5.41. The van der Waals surface area contributed by atoms with Crippen molar-refractivity contribution in [1.82, 2.24) is 0 Å². The minimum atomic E-state index is -0.260. The molecule has 3 nitrogen and oxygen atoms in total. The molecule has 3 N–H and O–H groups in total. The number of aliphatic hydroxyl groups is 1. The average Bonchev–Trinajstić information content (AvgIpc) is 2.91. The molecule has 0 radical (unpaired) electrons. The average molecular weight is 241 g/mol. The Labute approximate surface area is 105 Å². The van der Waals surface area contributed by atoms with Crippen molar-refractivity contribution in [3.63, 3.8) is 0 Å². The third-order valence-corrected chi connectivity index (χ3v) is 5.00. The molecule has 4 unspecified atom stereocenters. The first kappa shape index (κ1) is 13.3. The Morgan fingerprint density at radius 2 is 2.29 bits per heavy atom. The second kappa shape index (κ2) is 5.68. The molecule has 0 aromatic carbocycles. The number of ether oxygens (including phenoxy) is 1. The molecule has 100 valence electrons. The van der Waals surface area contributed by atoms with Crippen LogP contribution in [0.2, 0.25) is 0 Å². The summed E-state index contributed by atoms with van der Waals surface area (Å²) in [5, 5.41) is 10.7. The Kier molecular flexibility index (Phi) is 4.45. The van der Waals surface area contributed by atoms with E-state index in [0.717, 1.165) is 38.4 Å². The van der Waals surface area contributed by atoms with Crippen LogP contribution in [-0.2, 0) is 4.74 Å². The Morgan fingerprint density at radius 3 is 2.88 bits per heavy atom. The maximum absolute atomic E-state index is 10.7. The molecule has 0 aromatic heterocycles. The zero-order valence-electron chi connectivity index (χ0n) is 11.0. The van der Waals surface area contributed by atoms with Crippen molar-refractivity contribution in [2.24, 2.45) is 23.0 Å². The smallest absolute Gasteiger partial charge is 0.0659 e. The summed E-state index contributed by atoms with van der Waals surface area (Å²) in [5.41, 5.74) is 5.99. The largest absolute Gasteiger partial charge is 0.392 e. The van der Waals surface area contributed by atoms with Crippen LogP contribution >= 0.6 is 0 Å². The maximum Gasteiger partial charge on any atom is 0.0659 e. The number of hydrogen-bond acceptors (Lipinski definition) is 3. The van der Waals surface area contributed by atoms with Crippen molar-refractivity contribution in [3.05, 3.63) is 0 Å². The van der Waals surface area contributed by atoms with E-state index in [2.05, 4.69) is 6.92 Å². The van der Waals surface area contributed by atoms with Gasteiger partial charge in [-0.2, -0.15) is 0 Å². The molecule has 4 atom stereocenters. The van der Waals surface area contributed by atoms with Crippen LogP contribution < -0.4 is 5.73 Å². The zero-order valence-corrected chi connectivity index (χ0v) is 11.0. The van der Waals surface area contributed by atoms with Crippen LogP contribution in [-0.4, -0.2) is 31.0 Å². The lowest BCUT2D eigenvalue weighted by Gasteiger charge is -2.45. The molecule has 0 spiro atoms. The van der Waals surface area contributed by atoms with E-state index in [0.29, 0.717) is 12.5 Å². The Bertz CT molecular complexity index is 240. The summed E-state index contributed by atoms with van der Waals surface area (Å²) in [6, 6.07) is 0. The maximum atomic E-state index is 10.7. The van der Waals surface area contributed by atoms with E-state index in [1.807, 2.05) is 0 Å². The van der Waals surface area contributed by atoms with E-state index in [4.69, 9.17) is 10.5 Å². The van der Waals surface area contributed by atoms with Crippen molar-refractivity contribution in [2.75, 3.05) is 19.8 Å². The third kappa shape index (κ3) is 2.67. The fraction of sp³-hybridized carbons (Fsp3) is 1.00. The van der Waals surface area contributed by atoms with Crippen molar-refractivity contribution in [1.29, 1.82) is 0 Å². The van der Waals surface area contributed by atoms with Gasteiger partial charge in [-0.3, -0.25) is 0 Å². The Morgan fingerprint density at radius 1 is 1.47 bits per heavy atom. The molecule has 2 fully saturated rings. The highest BCUT2D eigenvalue weighted by Gasteiger charge is 2.44. The molecular formula is C14H27NO2. The van der Waals surface area contributed by atoms with E-state index in [1.165, 1.54) is 19.3 Å². The molecule has 17 heavy (non-hydrogen) atoms. The van der Waals surface area contributed by atoms with Crippen molar-refractivity contribution in [2.45, 2.75) is 51.6 Å². The van der Waals surface area contributed by atoms with Crippen LogP contribution in [0.3, 0.4) is 0 Å². The van der Waals surface area contributed by atoms with Gasteiger partial charge in [0.15, 0.2) is 0 Å². The summed E-state index contributed by atoms with van der Waals surface area (Å²) in [6.45, 7) is 4.41. The topological polar surface area (TPSA) is 55.5 Å². The van der Waals surface area contributed by atoms with Gasteiger partial charge in [0.1, 0.15) is 0 Å². The van der Waals surface area contributed by atoms with E-state index >= 15 is 0 Å². The van der Waals surface area contributed by atoms with E-state index in [1.54, 1.807) is 0 Å². The highest BCUT2D eigenvalue weighted by Crippen LogP contribution is 2.45. The third-order valence-electron chi connectivity index (χ3n) is 5.00. The molecule has 2 aliphatic rings. The predicted molar refractivity (Wildman–Crippen MR) is 68.7 cm³/mol. The van der Waals surface area contributed by atoms with Gasteiger partial charge in [-0.25, -0.2) is 0 Å². The fourth-order valence-corrected chi connectivity index (χ4v) is 3.75. The van der Waals surface area contributed by atoms with Gasteiger partial charge in [0.05, 0.1) is 12.7 Å². The van der Waals surface area contributed by atoms with Gasteiger partial charge in [0.2, 0.25) is 0 Å². The predicted octanol–water partition coefficient (Wildman–Crippen LogP) is 1.93. The van der Waals surface area contributed by atoms with Crippen LogP contribution in [0.25, 0.3) is 0 Å². The number of aliphatic hydroxyl groups excluding tert-OH is 1. The number of hydrogen-bond donors (Lipinski definition) is 2. The molecule has 0 aromatic rings. The van der Waals surface area contributed by atoms with Crippen molar-refractivity contribution in [3.8, 4) is 0 Å². The van der Waals surface area contributed by atoms with Gasteiger partial charge in [0.25, 0.3) is 0 Å². The molecule has 1 heterocycles.